The summed E-state index contributed by atoms with van der Waals surface area (Å²) in [5, 5.41) is 3.75. The summed E-state index contributed by atoms with van der Waals surface area (Å²) in [5.74, 6) is 1.21. The summed E-state index contributed by atoms with van der Waals surface area (Å²) in [7, 11) is 0. The van der Waals surface area contributed by atoms with Gasteiger partial charge in [-0.15, -0.1) is 11.8 Å². The van der Waals surface area contributed by atoms with E-state index in [1.54, 1.807) is 18.0 Å². The van der Waals surface area contributed by atoms with E-state index in [4.69, 9.17) is 11.6 Å². The van der Waals surface area contributed by atoms with Gasteiger partial charge in [-0.1, -0.05) is 35.9 Å². The summed E-state index contributed by atoms with van der Waals surface area (Å²) >= 11 is 7.66. The molecule has 2 aromatic rings. The van der Waals surface area contributed by atoms with Gasteiger partial charge in [-0.25, -0.2) is 0 Å². The number of rotatable bonds is 7. The van der Waals surface area contributed by atoms with Gasteiger partial charge in [-0.3, -0.25) is 9.78 Å². The van der Waals surface area contributed by atoms with Crippen molar-refractivity contribution in [3.8, 4) is 0 Å². The maximum atomic E-state index is 11.9. The zero-order valence-corrected chi connectivity index (χ0v) is 14.0. The molecule has 0 saturated heterocycles. The molecule has 1 amide bonds. The molecule has 0 fully saturated rings. The maximum Gasteiger partial charge on any atom is 0.230 e. The van der Waals surface area contributed by atoms with Crippen molar-refractivity contribution in [2.75, 3.05) is 5.75 Å². The van der Waals surface area contributed by atoms with Gasteiger partial charge in [0.15, 0.2) is 0 Å². The molecule has 0 aliphatic carbocycles. The molecule has 1 atom stereocenters. The van der Waals surface area contributed by atoms with E-state index in [1.165, 1.54) is 0 Å². The number of thioether (sulfide) groups is 1. The van der Waals surface area contributed by atoms with Crippen LogP contribution in [0.5, 0.6) is 0 Å². The Morgan fingerprint density at radius 2 is 2.05 bits per heavy atom. The van der Waals surface area contributed by atoms with Crippen LogP contribution in [0.25, 0.3) is 0 Å². The highest BCUT2D eigenvalue weighted by Crippen LogP contribution is 2.20. The summed E-state index contributed by atoms with van der Waals surface area (Å²) in [4.78, 5) is 16.2. The van der Waals surface area contributed by atoms with Crippen LogP contribution < -0.4 is 5.32 Å². The standard InChI is InChI=1S/C17H19ClN2OS/c1-13(10-15-7-4-5-9-19-15)20-17(21)12-22-11-14-6-2-3-8-16(14)18/h2-9,13H,10-12H2,1H3,(H,20,21)/t13-/m1/s1. The number of amides is 1. The normalized spacial score (nSPS) is 11.9. The molecule has 22 heavy (non-hydrogen) atoms. The van der Waals surface area contributed by atoms with Gasteiger partial charge in [-0.2, -0.15) is 0 Å². The highest BCUT2D eigenvalue weighted by atomic mass is 35.5. The van der Waals surface area contributed by atoms with Gasteiger partial charge in [0.2, 0.25) is 5.91 Å². The first-order valence-electron chi connectivity index (χ1n) is 7.15. The number of carbonyl (C=O) groups is 1. The molecule has 0 saturated carbocycles. The van der Waals surface area contributed by atoms with Crippen LogP contribution in [0, 0.1) is 0 Å². The van der Waals surface area contributed by atoms with E-state index in [2.05, 4.69) is 10.3 Å². The summed E-state index contributed by atoms with van der Waals surface area (Å²) in [5.41, 5.74) is 2.04. The molecule has 1 aromatic carbocycles. The average molecular weight is 335 g/mol. The number of benzene rings is 1. The third-order valence-electron chi connectivity index (χ3n) is 3.10. The average Bonchev–Trinajstić information content (AvgIpc) is 2.50. The lowest BCUT2D eigenvalue weighted by Crippen LogP contribution is -2.35. The number of hydrogen-bond donors (Lipinski definition) is 1. The molecule has 0 radical (unpaired) electrons. The SMILES string of the molecule is C[C@H](Cc1ccccn1)NC(=O)CSCc1ccccc1Cl. The third kappa shape index (κ3) is 5.70. The first kappa shape index (κ1) is 16.8. The van der Waals surface area contributed by atoms with E-state index in [-0.39, 0.29) is 11.9 Å². The molecular weight excluding hydrogens is 316 g/mol. The Morgan fingerprint density at radius 1 is 1.27 bits per heavy atom. The number of pyridine rings is 1. The Bertz CT molecular complexity index is 607. The van der Waals surface area contributed by atoms with Crippen LogP contribution in [0.3, 0.4) is 0 Å². The molecule has 1 N–H and O–H groups in total. The van der Waals surface area contributed by atoms with Crippen LogP contribution in [0.2, 0.25) is 5.02 Å². The van der Waals surface area contributed by atoms with Crippen LogP contribution in [0.1, 0.15) is 18.2 Å². The minimum absolute atomic E-state index is 0.0421. The van der Waals surface area contributed by atoms with E-state index >= 15 is 0 Å². The Morgan fingerprint density at radius 3 is 2.77 bits per heavy atom. The molecule has 116 valence electrons. The summed E-state index contributed by atoms with van der Waals surface area (Å²) in [6.45, 7) is 1.99. The molecule has 5 heteroatoms. The highest BCUT2D eigenvalue weighted by molar-refractivity contribution is 7.99. The molecule has 0 bridgehead atoms. The second kappa shape index (κ2) is 8.81. The summed E-state index contributed by atoms with van der Waals surface area (Å²) < 4.78 is 0. The number of nitrogens with zero attached hydrogens (tertiary/aromatic N) is 1. The Balaban J connectivity index is 1.70. The van der Waals surface area contributed by atoms with Crippen molar-refractivity contribution in [3.05, 3.63) is 64.9 Å². The second-order valence-electron chi connectivity index (χ2n) is 5.08. The van der Waals surface area contributed by atoms with Crippen LogP contribution in [-0.2, 0) is 17.0 Å². The van der Waals surface area contributed by atoms with Crippen LogP contribution in [-0.4, -0.2) is 22.7 Å². The molecule has 0 unspecified atom stereocenters. The second-order valence-corrected chi connectivity index (χ2v) is 6.47. The fraction of sp³-hybridized carbons (Fsp3) is 0.294. The van der Waals surface area contributed by atoms with Crippen LogP contribution >= 0.6 is 23.4 Å². The first-order valence-corrected chi connectivity index (χ1v) is 8.69. The smallest absolute Gasteiger partial charge is 0.230 e. The van der Waals surface area contributed by atoms with E-state index < -0.39 is 0 Å². The van der Waals surface area contributed by atoms with Gasteiger partial charge in [0.1, 0.15) is 0 Å². The number of halogens is 1. The van der Waals surface area contributed by atoms with Crippen molar-refractivity contribution in [2.45, 2.75) is 25.1 Å². The maximum absolute atomic E-state index is 11.9. The summed E-state index contributed by atoms with van der Waals surface area (Å²) in [6, 6.07) is 13.6. The number of nitrogens with one attached hydrogen (secondary N) is 1. The van der Waals surface area contributed by atoms with Crippen molar-refractivity contribution < 1.29 is 4.79 Å². The Labute approximate surface area is 140 Å². The van der Waals surface area contributed by atoms with Gasteiger partial charge in [0.05, 0.1) is 5.75 Å². The molecule has 1 heterocycles. The summed E-state index contributed by atoms with van der Waals surface area (Å²) in [6.07, 6.45) is 2.51. The lowest BCUT2D eigenvalue weighted by molar-refractivity contribution is -0.119. The van der Waals surface area contributed by atoms with Crippen molar-refractivity contribution in [3.63, 3.8) is 0 Å². The lowest BCUT2D eigenvalue weighted by atomic mass is 10.1. The lowest BCUT2D eigenvalue weighted by Gasteiger charge is -2.13. The monoisotopic (exact) mass is 334 g/mol. The fourth-order valence-corrected chi connectivity index (χ4v) is 3.19. The van der Waals surface area contributed by atoms with E-state index in [1.807, 2.05) is 49.4 Å². The topological polar surface area (TPSA) is 42.0 Å². The number of hydrogen-bond acceptors (Lipinski definition) is 3. The minimum Gasteiger partial charge on any atom is -0.353 e. The van der Waals surface area contributed by atoms with E-state index in [0.717, 1.165) is 28.5 Å². The minimum atomic E-state index is 0.0421. The van der Waals surface area contributed by atoms with Gasteiger partial charge in [-0.05, 0) is 30.7 Å². The van der Waals surface area contributed by atoms with Gasteiger partial charge < -0.3 is 5.32 Å². The zero-order valence-electron chi connectivity index (χ0n) is 12.5. The number of carbonyl (C=O) groups excluding carboxylic acids is 1. The Kier molecular flexibility index (Phi) is 6.74. The molecule has 2 rings (SSSR count). The van der Waals surface area contributed by atoms with E-state index in [0.29, 0.717) is 5.75 Å². The quantitative estimate of drug-likeness (QED) is 0.839. The molecule has 0 spiro atoms. The third-order valence-corrected chi connectivity index (χ3v) is 4.45. The van der Waals surface area contributed by atoms with Crippen LogP contribution in [0.4, 0.5) is 0 Å². The molecule has 1 aromatic heterocycles. The largest absolute Gasteiger partial charge is 0.353 e. The predicted molar refractivity (Wildman–Crippen MR) is 93.2 cm³/mol. The van der Waals surface area contributed by atoms with Gasteiger partial charge in [0.25, 0.3) is 0 Å². The fourth-order valence-electron chi connectivity index (χ4n) is 2.07. The molecular formula is C17H19ClN2OS. The zero-order chi connectivity index (χ0) is 15.8. The van der Waals surface area contributed by atoms with Crippen molar-refractivity contribution in [1.29, 1.82) is 0 Å². The van der Waals surface area contributed by atoms with Crippen molar-refractivity contribution in [2.24, 2.45) is 0 Å². The predicted octanol–water partition coefficient (Wildman–Crippen LogP) is 3.72. The molecule has 3 nitrogen and oxygen atoms in total. The van der Waals surface area contributed by atoms with E-state index in [9.17, 15) is 4.79 Å². The van der Waals surface area contributed by atoms with Crippen molar-refractivity contribution in [1.82, 2.24) is 10.3 Å². The number of aromatic nitrogens is 1. The van der Waals surface area contributed by atoms with Gasteiger partial charge >= 0.3 is 0 Å². The molecule has 0 aliphatic rings. The highest BCUT2D eigenvalue weighted by Gasteiger charge is 2.09. The van der Waals surface area contributed by atoms with Gasteiger partial charge in [0, 0.05) is 35.1 Å². The molecule has 0 aliphatic heterocycles. The van der Waals surface area contributed by atoms with Crippen molar-refractivity contribution >= 4 is 29.3 Å². The van der Waals surface area contributed by atoms with Crippen LogP contribution in [0.15, 0.2) is 48.7 Å². The Hall–Kier alpha value is -1.52. The first-order chi connectivity index (χ1) is 10.6.